The fourth-order valence-electron chi connectivity index (χ4n) is 3.58. The normalized spacial score (nSPS) is 10.5. The summed E-state index contributed by atoms with van der Waals surface area (Å²) in [5.41, 5.74) is 3.65. The van der Waals surface area contributed by atoms with Crippen LogP contribution in [0, 0.1) is 11.3 Å². The van der Waals surface area contributed by atoms with E-state index in [-0.39, 0.29) is 5.91 Å². The molecule has 3 amide bonds. The van der Waals surface area contributed by atoms with Gasteiger partial charge in [-0.2, -0.15) is 5.26 Å². The van der Waals surface area contributed by atoms with E-state index in [0.717, 1.165) is 11.9 Å². The third-order valence-electron chi connectivity index (χ3n) is 5.27. The summed E-state index contributed by atoms with van der Waals surface area (Å²) in [4.78, 5) is 29.8. The first kappa shape index (κ1) is 23.5. The van der Waals surface area contributed by atoms with Crippen LogP contribution in [0.3, 0.4) is 0 Å². The Kier molecular flexibility index (Phi) is 7.35. The number of carbonyl (C=O) groups excluding carboxylic acids is 2. The van der Waals surface area contributed by atoms with Crippen LogP contribution in [0.5, 0.6) is 0 Å². The average molecular weight is 469 g/mol. The number of amides is 3. The zero-order valence-electron chi connectivity index (χ0n) is 19.1. The maximum Gasteiger partial charge on any atom is 0.326 e. The van der Waals surface area contributed by atoms with E-state index in [1.54, 1.807) is 67.8 Å². The van der Waals surface area contributed by atoms with Crippen LogP contribution in [-0.4, -0.2) is 35.2 Å². The summed E-state index contributed by atoms with van der Waals surface area (Å²) in [6.45, 7) is 1.13. The molecule has 1 aromatic heterocycles. The minimum absolute atomic E-state index is 0.218. The first-order valence-corrected chi connectivity index (χ1v) is 11.0. The second kappa shape index (κ2) is 11.0. The van der Waals surface area contributed by atoms with Crippen molar-refractivity contribution in [3.63, 3.8) is 0 Å². The van der Waals surface area contributed by atoms with Crippen molar-refractivity contribution in [1.82, 2.24) is 9.55 Å². The maximum atomic E-state index is 12.6. The number of aryl methyl sites for hydroxylation is 1. The number of rotatable bonds is 8. The number of benzene rings is 3. The van der Waals surface area contributed by atoms with Crippen LogP contribution in [0.4, 0.5) is 22.1 Å². The Balaban J connectivity index is 1.55. The number of aromatic nitrogens is 2. The van der Waals surface area contributed by atoms with Gasteiger partial charge in [-0.1, -0.05) is 18.2 Å². The molecule has 9 heteroatoms. The van der Waals surface area contributed by atoms with Gasteiger partial charge < -0.3 is 19.9 Å². The first-order chi connectivity index (χ1) is 17.1. The summed E-state index contributed by atoms with van der Waals surface area (Å²) in [6.07, 6.45) is 0.723. The summed E-state index contributed by atoms with van der Waals surface area (Å²) < 4.78 is 7.07. The lowest BCUT2D eigenvalue weighted by Gasteiger charge is -2.11. The molecule has 1 heterocycles. The number of carbonyl (C=O) groups is 2. The smallest absolute Gasteiger partial charge is 0.326 e. The Labute approximate surface area is 202 Å². The number of imidazole rings is 1. The number of hydrogen-bond acceptors (Lipinski definition) is 5. The molecule has 4 rings (SSSR count). The van der Waals surface area contributed by atoms with Crippen LogP contribution < -0.4 is 16.0 Å². The van der Waals surface area contributed by atoms with Crippen LogP contribution in [0.1, 0.15) is 22.3 Å². The van der Waals surface area contributed by atoms with Gasteiger partial charge in [-0.3, -0.25) is 10.1 Å². The van der Waals surface area contributed by atoms with E-state index in [1.165, 1.54) is 0 Å². The Morgan fingerprint density at radius 3 is 2.43 bits per heavy atom. The Morgan fingerprint density at radius 1 is 0.971 bits per heavy atom. The van der Waals surface area contributed by atoms with Crippen molar-refractivity contribution in [3.05, 3.63) is 83.9 Å². The molecule has 0 aliphatic heterocycles. The fraction of sp³-hybridized carbons (Fsp3) is 0.154. The Bertz CT molecular complexity index is 1370. The molecule has 9 nitrogen and oxygen atoms in total. The molecule has 4 aromatic rings. The minimum Gasteiger partial charge on any atom is -0.385 e. The number of urea groups is 1. The molecular weight excluding hydrogens is 444 g/mol. The van der Waals surface area contributed by atoms with E-state index in [0.29, 0.717) is 47.1 Å². The van der Waals surface area contributed by atoms with Gasteiger partial charge in [0.05, 0.1) is 22.7 Å². The summed E-state index contributed by atoms with van der Waals surface area (Å²) in [5, 5.41) is 17.4. The predicted molar refractivity (Wildman–Crippen MR) is 134 cm³/mol. The van der Waals surface area contributed by atoms with Crippen LogP contribution in [0.2, 0.25) is 0 Å². The lowest BCUT2D eigenvalue weighted by Crippen LogP contribution is -2.22. The van der Waals surface area contributed by atoms with Gasteiger partial charge in [0.1, 0.15) is 0 Å². The van der Waals surface area contributed by atoms with Gasteiger partial charge in [-0.05, 0) is 61.0 Å². The molecule has 35 heavy (non-hydrogen) atoms. The molecule has 3 N–H and O–H groups in total. The Hall–Kier alpha value is -4.68. The van der Waals surface area contributed by atoms with Crippen molar-refractivity contribution < 1.29 is 14.3 Å². The molecule has 0 unspecified atom stereocenters. The molecule has 0 spiro atoms. The average Bonchev–Trinajstić information content (AvgIpc) is 3.21. The van der Waals surface area contributed by atoms with Crippen molar-refractivity contribution in [1.29, 1.82) is 5.26 Å². The zero-order chi connectivity index (χ0) is 24.6. The molecule has 0 bridgehead atoms. The van der Waals surface area contributed by atoms with Crippen molar-refractivity contribution in [2.45, 2.75) is 13.0 Å². The minimum atomic E-state index is -0.462. The maximum absolute atomic E-state index is 12.6. The van der Waals surface area contributed by atoms with Crippen molar-refractivity contribution in [2.24, 2.45) is 0 Å². The molecule has 0 fully saturated rings. The second-order valence-corrected chi connectivity index (χ2v) is 7.73. The van der Waals surface area contributed by atoms with E-state index in [4.69, 9.17) is 10.00 Å². The topological polar surface area (TPSA) is 121 Å². The molecule has 0 aliphatic rings. The van der Waals surface area contributed by atoms with Crippen LogP contribution >= 0.6 is 0 Å². The fourth-order valence-corrected chi connectivity index (χ4v) is 3.58. The molecule has 0 atom stereocenters. The summed E-state index contributed by atoms with van der Waals surface area (Å²) in [7, 11) is 1.64. The summed E-state index contributed by atoms with van der Waals surface area (Å²) >= 11 is 0. The van der Waals surface area contributed by atoms with E-state index >= 15 is 0 Å². The lowest BCUT2D eigenvalue weighted by molar-refractivity contribution is 0.102. The van der Waals surface area contributed by atoms with E-state index in [1.807, 2.05) is 22.8 Å². The zero-order valence-corrected chi connectivity index (χ0v) is 19.1. The number of nitriles is 1. The highest BCUT2D eigenvalue weighted by Gasteiger charge is 2.15. The van der Waals surface area contributed by atoms with Crippen molar-refractivity contribution in [2.75, 3.05) is 29.7 Å². The number of nitrogens with one attached hydrogen (secondary N) is 3. The van der Waals surface area contributed by atoms with Crippen molar-refractivity contribution in [3.8, 4) is 6.07 Å². The van der Waals surface area contributed by atoms with Gasteiger partial charge in [-0.15, -0.1) is 0 Å². The summed E-state index contributed by atoms with van der Waals surface area (Å²) in [5.74, 6) is 0.151. The number of nitrogens with zero attached hydrogens (tertiary/aromatic N) is 3. The van der Waals surface area contributed by atoms with E-state index < -0.39 is 6.03 Å². The SMILES string of the molecule is COCCCn1c(NC(=O)Nc2ccc(C#N)cc2)nc2cc(NC(=O)c3ccccc3)ccc21. The number of anilines is 3. The third kappa shape index (κ3) is 5.82. The number of ether oxygens (including phenoxy) is 1. The highest BCUT2D eigenvalue weighted by Crippen LogP contribution is 2.24. The number of methoxy groups -OCH3 is 1. The third-order valence-corrected chi connectivity index (χ3v) is 5.27. The highest BCUT2D eigenvalue weighted by atomic mass is 16.5. The second-order valence-electron chi connectivity index (χ2n) is 7.73. The van der Waals surface area contributed by atoms with Gasteiger partial charge in [0, 0.05) is 37.2 Å². The van der Waals surface area contributed by atoms with Gasteiger partial charge in [0.15, 0.2) is 0 Å². The lowest BCUT2D eigenvalue weighted by atomic mass is 10.2. The standard InChI is InChI=1S/C26H24N6O3/c1-35-15-5-14-32-23-13-12-21(28-24(33)19-6-3-2-4-7-19)16-22(23)30-25(32)31-26(34)29-20-10-8-18(17-27)9-11-20/h2-4,6-13,16H,5,14-15H2,1H3,(H,28,33)(H2,29,30,31,34). The molecule has 0 radical (unpaired) electrons. The highest BCUT2D eigenvalue weighted by molar-refractivity contribution is 6.05. The largest absolute Gasteiger partial charge is 0.385 e. The quantitative estimate of drug-likeness (QED) is 0.320. The predicted octanol–water partition coefficient (Wildman–Crippen LogP) is 4.84. The van der Waals surface area contributed by atoms with Gasteiger partial charge in [-0.25, -0.2) is 9.78 Å². The van der Waals surface area contributed by atoms with Crippen molar-refractivity contribution >= 4 is 40.3 Å². The van der Waals surface area contributed by atoms with E-state index in [9.17, 15) is 9.59 Å². The Morgan fingerprint density at radius 2 is 1.71 bits per heavy atom. The molecule has 0 saturated carbocycles. The number of hydrogen-bond donors (Lipinski definition) is 3. The van der Waals surface area contributed by atoms with E-state index in [2.05, 4.69) is 20.9 Å². The van der Waals surface area contributed by atoms with Crippen LogP contribution in [-0.2, 0) is 11.3 Å². The van der Waals surface area contributed by atoms with Crippen LogP contribution in [0.15, 0.2) is 72.8 Å². The molecule has 3 aromatic carbocycles. The first-order valence-electron chi connectivity index (χ1n) is 11.0. The number of fused-ring (bicyclic) bond motifs is 1. The molecule has 176 valence electrons. The molecule has 0 saturated heterocycles. The van der Waals surface area contributed by atoms with Crippen LogP contribution in [0.25, 0.3) is 11.0 Å². The van der Waals surface area contributed by atoms with Gasteiger partial charge in [0.2, 0.25) is 5.95 Å². The van der Waals surface area contributed by atoms with Gasteiger partial charge in [0.25, 0.3) is 5.91 Å². The molecule has 0 aliphatic carbocycles. The summed E-state index contributed by atoms with van der Waals surface area (Å²) in [6, 6.07) is 22.5. The monoisotopic (exact) mass is 468 g/mol. The molecular formula is C26H24N6O3. The van der Waals surface area contributed by atoms with Gasteiger partial charge >= 0.3 is 6.03 Å².